The molecule has 1 aliphatic rings. The van der Waals surface area contributed by atoms with E-state index in [1.807, 2.05) is 17.5 Å². The number of hydrazone groups is 1. The molecule has 0 bridgehead atoms. The van der Waals surface area contributed by atoms with Crippen molar-refractivity contribution >= 4 is 28.6 Å². The van der Waals surface area contributed by atoms with Gasteiger partial charge in [-0.2, -0.15) is 5.10 Å². The number of thiophene rings is 1. The van der Waals surface area contributed by atoms with Crippen molar-refractivity contribution in [2.75, 3.05) is 0 Å². The van der Waals surface area contributed by atoms with Gasteiger partial charge in [0.15, 0.2) is 0 Å². The summed E-state index contributed by atoms with van der Waals surface area (Å²) in [6.07, 6.45) is 3.05. The molecule has 1 amide bonds. The minimum atomic E-state index is -0.616. The number of nitro groups is 1. The van der Waals surface area contributed by atoms with Gasteiger partial charge in [-0.3, -0.25) is 24.3 Å². The quantitative estimate of drug-likeness (QED) is 0.485. The molecule has 1 aliphatic heterocycles. The molecule has 0 radical (unpaired) electrons. The van der Waals surface area contributed by atoms with E-state index in [2.05, 4.69) is 5.10 Å². The summed E-state index contributed by atoms with van der Waals surface area (Å²) in [7, 11) is 0. The summed E-state index contributed by atoms with van der Waals surface area (Å²) < 4.78 is 6.48. The summed E-state index contributed by atoms with van der Waals surface area (Å²) in [5.74, 6) is 0.116. The van der Waals surface area contributed by atoms with Gasteiger partial charge in [-0.25, -0.2) is 5.01 Å². The molecule has 4 heterocycles. The second-order valence-electron chi connectivity index (χ2n) is 6.11. The van der Waals surface area contributed by atoms with Crippen LogP contribution in [0.5, 0.6) is 0 Å². The van der Waals surface area contributed by atoms with Crippen LogP contribution in [-0.2, 0) is 11.3 Å². The zero-order valence-electron chi connectivity index (χ0n) is 14.4. The Bertz CT molecular complexity index is 1100. The highest BCUT2D eigenvalue weighted by Gasteiger charge is 2.35. The monoisotopic (exact) mass is 398 g/mol. The van der Waals surface area contributed by atoms with Crippen LogP contribution in [0.2, 0.25) is 0 Å². The molecule has 4 rings (SSSR count). The predicted molar refractivity (Wildman–Crippen MR) is 101 cm³/mol. The number of nitrogens with zero attached hydrogens (tertiary/aromatic N) is 4. The lowest BCUT2D eigenvalue weighted by molar-refractivity contribution is -0.385. The molecule has 0 spiro atoms. The molecule has 0 N–H and O–H groups in total. The zero-order valence-corrected chi connectivity index (χ0v) is 15.2. The number of rotatable bonds is 5. The Morgan fingerprint density at radius 2 is 2.18 bits per heavy atom. The van der Waals surface area contributed by atoms with Crippen LogP contribution in [0.4, 0.5) is 5.69 Å². The van der Waals surface area contributed by atoms with Crippen molar-refractivity contribution in [2.24, 2.45) is 5.10 Å². The number of aromatic nitrogens is 1. The molecule has 0 saturated carbocycles. The third-order valence-corrected chi connectivity index (χ3v) is 5.25. The van der Waals surface area contributed by atoms with Crippen molar-refractivity contribution in [1.82, 2.24) is 9.58 Å². The largest absolute Gasteiger partial charge is 0.467 e. The summed E-state index contributed by atoms with van der Waals surface area (Å²) in [4.78, 5) is 36.2. The average Bonchev–Trinajstić information content (AvgIpc) is 3.42. The fourth-order valence-corrected chi connectivity index (χ4v) is 3.72. The van der Waals surface area contributed by atoms with E-state index in [9.17, 15) is 19.7 Å². The summed E-state index contributed by atoms with van der Waals surface area (Å²) in [6, 6.07) is 9.05. The van der Waals surface area contributed by atoms with Gasteiger partial charge in [0.2, 0.25) is 0 Å². The summed E-state index contributed by atoms with van der Waals surface area (Å²) >= 11 is 1.52. The highest BCUT2D eigenvalue weighted by Crippen LogP contribution is 2.34. The lowest BCUT2D eigenvalue weighted by Gasteiger charge is -2.20. The van der Waals surface area contributed by atoms with E-state index in [0.717, 1.165) is 33.5 Å². The molecule has 1 atom stereocenters. The van der Waals surface area contributed by atoms with Gasteiger partial charge in [-0.05, 0) is 23.6 Å². The minimum absolute atomic E-state index is 0.265. The summed E-state index contributed by atoms with van der Waals surface area (Å²) in [5.41, 5.74) is -0.0227. The van der Waals surface area contributed by atoms with Crippen molar-refractivity contribution < 1.29 is 14.1 Å². The van der Waals surface area contributed by atoms with Gasteiger partial charge in [-0.15, -0.1) is 11.3 Å². The van der Waals surface area contributed by atoms with Crippen molar-refractivity contribution in [3.05, 3.63) is 85.3 Å². The molecule has 0 saturated heterocycles. The van der Waals surface area contributed by atoms with Gasteiger partial charge in [0, 0.05) is 18.6 Å². The Balaban J connectivity index is 1.65. The van der Waals surface area contributed by atoms with Crippen molar-refractivity contribution in [1.29, 1.82) is 0 Å². The SMILES string of the molecule is O=C(Cn1cc([N+](=O)[O-])ccc1=O)N1N=C(c2cccs2)C[C@@H]1c1ccco1. The van der Waals surface area contributed by atoms with Gasteiger partial charge in [0.25, 0.3) is 17.2 Å². The third-order valence-electron chi connectivity index (χ3n) is 4.33. The molecule has 142 valence electrons. The third kappa shape index (κ3) is 3.37. The van der Waals surface area contributed by atoms with Crippen molar-refractivity contribution in [2.45, 2.75) is 19.0 Å². The maximum Gasteiger partial charge on any atom is 0.285 e. The maximum atomic E-state index is 12.9. The number of carbonyl (C=O) groups excluding carboxylic acids is 1. The van der Waals surface area contributed by atoms with E-state index in [0.29, 0.717) is 12.2 Å². The number of carbonyl (C=O) groups is 1. The minimum Gasteiger partial charge on any atom is -0.467 e. The van der Waals surface area contributed by atoms with Crippen LogP contribution in [0.1, 0.15) is 23.1 Å². The number of pyridine rings is 1. The summed E-state index contributed by atoms with van der Waals surface area (Å²) in [6.45, 7) is -0.362. The van der Waals surface area contributed by atoms with Crippen LogP contribution in [0.15, 0.2) is 68.6 Å². The van der Waals surface area contributed by atoms with Gasteiger partial charge < -0.3 is 4.42 Å². The van der Waals surface area contributed by atoms with Gasteiger partial charge in [-0.1, -0.05) is 6.07 Å². The lowest BCUT2D eigenvalue weighted by atomic mass is 10.1. The van der Waals surface area contributed by atoms with E-state index < -0.39 is 22.4 Å². The first kappa shape index (κ1) is 17.9. The van der Waals surface area contributed by atoms with Gasteiger partial charge in [0.05, 0.1) is 28.0 Å². The molecule has 0 aliphatic carbocycles. The predicted octanol–water partition coefficient (Wildman–Crippen LogP) is 2.79. The highest BCUT2D eigenvalue weighted by atomic mass is 32.1. The number of amides is 1. The molecule has 0 fully saturated rings. The fraction of sp³-hybridized carbons (Fsp3) is 0.167. The first-order valence-corrected chi connectivity index (χ1v) is 9.22. The molecule has 3 aromatic rings. The van der Waals surface area contributed by atoms with Crippen LogP contribution in [-0.4, -0.2) is 26.1 Å². The van der Waals surface area contributed by atoms with Crippen LogP contribution >= 0.6 is 11.3 Å². The first-order valence-electron chi connectivity index (χ1n) is 8.34. The van der Waals surface area contributed by atoms with E-state index in [4.69, 9.17) is 4.42 Å². The summed E-state index contributed by atoms with van der Waals surface area (Å²) in [5, 5.41) is 18.6. The Labute approximate surface area is 162 Å². The first-order chi connectivity index (χ1) is 13.5. The number of furan rings is 1. The molecule has 10 heteroatoms. The Hall–Kier alpha value is -3.53. The van der Waals surface area contributed by atoms with Crippen molar-refractivity contribution in [3.63, 3.8) is 0 Å². The molecule has 0 aromatic carbocycles. The van der Waals surface area contributed by atoms with Crippen LogP contribution in [0, 0.1) is 10.1 Å². The zero-order chi connectivity index (χ0) is 19.7. The van der Waals surface area contributed by atoms with Crippen LogP contribution in [0.25, 0.3) is 0 Å². The van der Waals surface area contributed by atoms with E-state index in [1.165, 1.54) is 22.6 Å². The maximum absolute atomic E-state index is 12.9. The van der Waals surface area contributed by atoms with E-state index in [1.54, 1.807) is 12.1 Å². The van der Waals surface area contributed by atoms with Crippen molar-refractivity contribution in [3.8, 4) is 0 Å². The van der Waals surface area contributed by atoms with E-state index >= 15 is 0 Å². The van der Waals surface area contributed by atoms with Crippen LogP contribution in [0.3, 0.4) is 0 Å². The molecule has 28 heavy (non-hydrogen) atoms. The lowest BCUT2D eigenvalue weighted by Crippen LogP contribution is -2.33. The standard InChI is InChI=1S/C18H14N4O5S/c23-17-6-5-12(22(25)26)10-20(17)11-18(24)21-14(15-3-1-7-27-15)9-13(19-21)16-4-2-8-28-16/h1-8,10,14H,9,11H2/t14-/m1/s1. The molecule has 9 nitrogen and oxygen atoms in total. The van der Waals surface area contributed by atoms with Gasteiger partial charge >= 0.3 is 0 Å². The van der Waals surface area contributed by atoms with Gasteiger partial charge in [0.1, 0.15) is 18.3 Å². The highest BCUT2D eigenvalue weighted by molar-refractivity contribution is 7.12. The Morgan fingerprint density at radius 1 is 1.32 bits per heavy atom. The van der Waals surface area contributed by atoms with E-state index in [-0.39, 0.29) is 12.2 Å². The normalized spacial score (nSPS) is 16.2. The Morgan fingerprint density at radius 3 is 2.86 bits per heavy atom. The topological polar surface area (TPSA) is 111 Å². The molecule has 3 aromatic heterocycles. The fourth-order valence-electron chi connectivity index (χ4n) is 3.00. The number of hydrogen-bond donors (Lipinski definition) is 0. The van der Waals surface area contributed by atoms with Crippen LogP contribution < -0.4 is 5.56 Å². The molecule has 0 unspecified atom stereocenters. The number of hydrogen-bond acceptors (Lipinski definition) is 7. The average molecular weight is 398 g/mol. The smallest absolute Gasteiger partial charge is 0.285 e. The molecular weight excluding hydrogens is 384 g/mol. The Kier molecular flexibility index (Phi) is 4.62. The second-order valence-corrected chi connectivity index (χ2v) is 7.06. The molecular formula is C18H14N4O5S. The second kappa shape index (κ2) is 7.24.